The van der Waals surface area contributed by atoms with Crippen LogP contribution < -0.4 is 5.32 Å². The van der Waals surface area contributed by atoms with Gasteiger partial charge in [-0.1, -0.05) is 42.6 Å². The van der Waals surface area contributed by atoms with Gasteiger partial charge >= 0.3 is 0 Å². The van der Waals surface area contributed by atoms with Crippen LogP contribution in [-0.4, -0.2) is 16.8 Å². The van der Waals surface area contributed by atoms with E-state index >= 15 is 0 Å². The molecule has 1 rings (SSSR count). The van der Waals surface area contributed by atoms with E-state index in [1.165, 1.54) is 12.8 Å². The molecule has 0 aliphatic heterocycles. The Bertz CT molecular complexity index is 197. The lowest BCUT2D eigenvalue weighted by Gasteiger charge is -2.28. The SMILES string of the molecule is CC(C)CC(=O)NC1(CBr)CCCC1. The van der Waals surface area contributed by atoms with Gasteiger partial charge in [0.25, 0.3) is 0 Å². The number of hydrogen-bond donors (Lipinski definition) is 1. The van der Waals surface area contributed by atoms with Crippen molar-refractivity contribution < 1.29 is 4.79 Å². The molecule has 0 unspecified atom stereocenters. The molecule has 0 bridgehead atoms. The smallest absolute Gasteiger partial charge is 0.220 e. The van der Waals surface area contributed by atoms with Crippen LogP contribution in [-0.2, 0) is 4.79 Å². The highest BCUT2D eigenvalue weighted by Crippen LogP contribution is 2.31. The summed E-state index contributed by atoms with van der Waals surface area (Å²) < 4.78 is 0. The Hall–Kier alpha value is -0.0500. The Balaban J connectivity index is 2.44. The van der Waals surface area contributed by atoms with Crippen molar-refractivity contribution in [3.05, 3.63) is 0 Å². The fraction of sp³-hybridized carbons (Fsp3) is 0.909. The van der Waals surface area contributed by atoms with Crippen molar-refractivity contribution in [3.8, 4) is 0 Å². The van der Waals surface area contributed by atoms with Crippen LogP contribution in [0.1, 0.15) is 46.0 Å². The summed E-state index contributed by atoms with van der Waals surface area (Å²) in [6.07, 6.45) is 5.39. The number of carbonyl (C=O) groups excluding carboxylic acids is 1. The summed E-state index contributed by atoms with van der Waals surface area (Å²) in [7, 11) is 0. The fourth-order valence-corrected chi connectivity index (χ4v) is 2.76. The van der Waals surface area contributed by atoms with Crippen molar-refractivity contribution in [1.29, 1.82) is 0 Å². The van der Waals surface area contributed by atoms with Gasteiger partial charge in [-0.3, -0.25) is 4.79 Å². The molecule has 14 heavy (non-hydrogen) atoms. The Labute approximate surface area is 95.0 Å². The molecular weight excluding hydrogens is 242 g/mol. The molecule has 0 aromatic carbocycles. The van der Waals surface area contributed by atoms with Crippen LogP contribution in [0.25, 0.3) is 0 Å². The van der Waals surface area contributed by atoms with Crippen LogP contribution in [0.5, 0.6) is 0 Å². The Morgan fingerprint density at radius 1 is 1.43 bits per heavy atom. The van der Waals surface area contributed by atoms with Gasteiger partial charge in [0, 0.05) is 17.3 Å². The third-order valence-electron chi connectivity index (χ3n) is 2.81. The van der Waals surface area contributed by atoms with Gasteiger partial charge in [0.2, 0.25) is 5.91 Å². The lowest BCUT2D eigenvalue weighted by Crippen LogP contribution is -2.48. The number of halogens is 1. The molecule has 3 heteroatoms. The molecule has 0 heterocycles. The van der Waals surface area contributed by atoms with E-state index in [1.54, 1.807) is 0 Å². The molecule has 0 radical (unpaired) electrons. The third-order valence-corrected chi connectivity index (χ3v) is 3.89. The van der Waals surface area contributed by atoms with Gasteiger partial charge in [-0.15, -0.1) is 0 Å². The van der Waals surface area contributed by atoms with Gasteiger partial charge in [-0.2, -0.15) is 0 Å². The second-order valence-corrected chi connectivity index (χ2v) is 5.33. The first-order valence-corrected chi connectivity index (χ1v) is 6.57. The zero-order valence-corrected chi connectivity index (χ0v) is 10.7. The van der Waals surface area contributed by atoms with E-state index in [2.05, 4.69) is 35.1 Å². The Morgan fingerprint density at radius 2 is 2.00 bits per heavy atom. The third kappa shape index (κ3) is 3.26. The van der Waals surface area contributed by atoms with Crippen molar-refractivity contribution >= 4 is 21.8 Å². The molecule has 1 aliphatic rings. The fourth-order valence-electron chi connectivity index (χ4n) is 2.06. The van der Waals surface area contributed by atoms with Crippen molar-refractivity contribution in [3.63, 3.8) is 0 Å². The van der Waals surface area contributed by atoms with Crippen LogP contribution in [0.2, 0.25) is 0 Å². The largest absolute Gasteiger partial charge is 0.350 e. The maximum absolute atomic E-state index is 11.6. The average molecular weight is 262 g/mol. The molecule has 1 saturated carbocycles. The minimum Gasteiger partial charge on any atom is -0.350 e. The minimum absolute atomic E-state index is 0.0615. The lowest BCUT2D eigenvalue weighted by atomic mass is 9.99. The Kier molecular flexibility index (Phi) is 4.42. The van der Waals surface area contributed by atoms with Gasteiger partial charge in [-0.05, 0) is 18.8 Å². The molecular formula is C11H20BrNO. The first kappa shape index (κ1) is 12.0. The molecule has 0 aromatic heterocycles. The summed E-state index contributed by atoms with van der Waals surface area (Å²) in [5.74, 6) is 0.658. The standard InChI is InChI=1S/C11H20BrNO/c1-9(2)7-10(14)13-11(8-12)5-3-4-6-11/h9H,3-8H2,1-2H3,(H,13,14). The van der Waals surface area contributed by atoms with Crippen molar-refractivity contribution in [2.24, 2.45) is 5.92 Å². The van der Waals surface area contributed by atoms with Gasteiger partial charge < -0.3 is 5.32 Å². The van der Waals surface area contributed by atoms with E-state index in [4.69, 9.17) is 0 Å². The highest BCUT2D eigenvalue weighted by molar-refractivity contribution is 9.09. The number of hydrogen-bond acceptors (Lipinski definition) is 1. The van der Waals surface area contributed by atoms with E-state index in [1.807, 2.05) is 0 Å². The zero-order chi connectivity index (χ0) is 10.6. The molecule has 1 aliphatic carbocycles. The number of carbonyl (C=O) groups is 1. The monoisotopic (exact) mass is 261 g/mol. The first-order chi connectivity index (χ1) is 6.58. The molecule has 0 saturated heterocycles. The van der Waals surface area contributed by atoms with Crippen molar-refractivity contribution in [2.75, 3.05) is 5.33 Å². The predicted octanol–water partition coefficient (Wildman–Crippen LogP) is 2.86. The summed E-state index contributed by atoms with van der Waals surface area (Å²) in [5, 5.41) is 4.08. The number of amides is 1. The summed E-state index contributed by atoms with van der Waals surface area (Å²) in [6.45, 7) is 4.16. The normalized spacial score (nSPS) is 20.0. The number of nitrogens with one attached hydrogen (secondary N) is 1. The maximum atomic E-state index is 11.6. The predicted molar refractivity (Wildman–Crippen MR) is 62.6 cm³/mol. The van der Waals surface area contributed by atoms with Crippen molar-refractivity contribution in [2.45, 2.75) is 51.5 Å². The topological polar surface area (TPSA) is 29.1 Å². The minimum atomic E-state index is 0.0615. The van der Waals surface area contributed by atoms with Crippen LogP contribution in [0.15, 0.2) is 0 Å². The molecule has 1 amide bonds. The molecule has 2 nitrogen and oxygen atoms in total. The average Bonchev–Trinajstić information content (AvgIpc) is 2.52. The number of rotatable bonds is 4. The van der Waals surface area contributed by atoms with Gasteiger partial charge in [0.05, 0.1) is 0 Å². The lowest BCUT2D eigenvalue weighted by molar-refractivity contribution is -0.123. The molecule has 82 valence electrons. The van der Waals surface area contributed by atoms with E-state index in [-0.39, 0.29) is 11.4 Å². The summed E-state index contributed by atoms with van der Waals surface area (Å²) in [4.78, 5) is 11.6. The molecule has 1 fully saturated rings. The van der Waals surface area contributed by atoms with Gasteiger partial charge in [0.15, 0.2) is 0 Å². The van der Waals surface area contributed by atoms with E-state index in [9.17, 15) is 4.79 Å². The zero-order valence-electron chi connectivity index (χ0n) is 9.11. The van der Waals surface area contributed by atoms with Crippen LogP contribution in [0.3, 0.4) is 0 Å². The van der Waals surface area contributed by atoms with Gasteiger partial charge in [0.1, 0.15) is 0 Å². The summed E-state index contributed by atoms with van der Waals surface area (Å²) in [6, 6.07) is 0. The Morgan fingerprint density at radius 3 is 2.43 bits per heavy atom. The van der Waals surface area contributed by atoms with Crippen molar-refractivity contribution in [1.82, 2.24) is 5.32 Å². The van der Waals surface area contributed by atoms with Crippen LogP contribution in [0, 0.1) is 5.92 Å². The molecule has 0 aromatic rings. The first-order valence-electron chi connectivity index (χ1n) is 5.45. The molecule has 0 atom stereocenters. The second-order valence-electron chi connectivity index (χ2n) is 4.77. The molecule has 1 N–H and O–H groups in total. The second kappa shape index (κ2) is 5.15. The highest BCUT2D eigenvalue weighted by atomic mass is 79.9. The van der Waals surface area contributed by atoms with E-state index in [0.717, 1.165) is 18.2 Å². The number of alkyl halides is 1. The van der Waals surface area contributed by atoms with Crippen LogP contribution >= 0.6 is 15.9 Å². The van der Waals surface area contributed by atoms with Gasteiger partial charge in [-0.25, -0.2) is 0 Å². The van der Waals surface area contributed by atoms with E-state index in [0.29, 0.717) is 12.3 Å². The highest BCUT2D eigenvalue weighted by Gasteiger charge is 2.33. The summed E-state index contributed by atoms with van der Waals surface area (Å²) >= 11 is 3.51. The quantitative estimate of drug-likeness (QED) is 0.775. The van der Waals surface area contributed by atoms with E-state index < -0.39 is 0 Å². The van der Waals surface area contributed by atoms with Crippen LogP contribution in [0.4, 0.5) is 0 Å². The summed E-state index contributed by atoms with van der Waals surface area (Å²) in [5.41, 5.74) is 0.0615. The maximum Gasteiger partial charge on any atom is 0.220 e. The molecule has 0 spiro atoms.